The van der Waals surface area contributed by atoms with Gasteiger partial charge in [0.1, 0.15) is 0 Å². The van der Waals surface area contributed by atoms with Crippen LogP contribution in [0.1, 0.15) is 24.8 Å². The van der Waals surface area contributed by atoms with Gasteiger partial charge in [0.2, 0.25) is 0 Å². The molecule has 1 aliphatic heterocycles. The Morgan fingerprint density at radius 1 is 1.07 bits per heavy atom. The summed E-state index contributed by atoms with van der Waals surface area (Å²) < 4.78 is 11.0. The standard InChI is InChI=1S/C13H18O2/c1-2-6-12(7-3-1)8-4-9-13-14-10-5-11-15-13/h1-3,6-7,13H,4-5,8-11H2. The van der Waals surface area contributed by atoms with Crippen molar-refractivity contribution in [1.82, 2.24) is 0 Å². The Balaban J connectivity index is 1.66. The van der Waals surface area contributed by atoms with Gasteiger partial charge in [-0.25, -0.2) is 0 Å². The van der Waals surface area contributed by atoms with Crippen molar-refractivity contribution < 1.29 is 9.47 Å². The van der Waals surface area contributed by atoms with E-state index in [-0.39, 0.29) is 6.29 Å². The lowest BCUT2D eigenvalue weighted by Crippen LogP contribution is -2.24. The van der Waals surface area contributed by atoms with Crippen LogP contribution in [0.2, 0.25) is 0 Å². The highest BCUT2D eigenvalue weighted by Crippen LogP contribution is 2.12. The topological polar surface area (TPSA) is 18.5 Å². The van der Waals surface area contributed by atoms with Gasteiger partial charge in [0.05, 0.1) is 13.2 Å². The van der Waals surface area contributed by atoms with Crippen molar-refractivity contribution in [3.63, 3.8) is 0 Å². The highest BCUT2D eigenvalue weighted by molar-refractivity contribution is 5.14. The second-order valence-electron chi connectivity index (χ2n) is 3.90. The van der Waals surface area contributed by atoms with Crippen LogP contribution in [0.5, 0.6) is 0 Å². The van der Waals surface area contributed by atoms with Crippen LogP contribution in [-0.4, -0.2) is 19.5 Å². The third-order valence-corrected chi connectivity index (χ3v) is 2.64. The lowest BCUT2D eigenvalue weighted by atomic mass is 10.1. The summed E-state index contributed by atoms with van der Waals surface area (Å²) in [5.74, 6) is 0. The molecule has 15 heavy (non-hydrogen) atoms. The first-order chi connectivity index (χ1) is 7.45. The maximum atomic E-state index is 5.49. The molecule has 1 saturated heterocycles. The van der Waals surface area contributed by atoms with Crippen LogP contribution in [0.4, 0.5) is 0 Å². The molecule has 1 aromatic carbocycles. The molecule has 0 N–H and O–H groups in total. The molecule has 0 amide bonds. The zero-order valence-electron chi connectivity index (χ0n) is 9.02. The fourth-order valence-electron chi connectivity index (χ4n) is 1.82. The zero-order chi connectivity index (χ0) is 10.3. The zero-order valence-corrected chi connectivity index (χ0v) is 9.02. The van der Waals surface area contributed by atoms with Gasteiger partial charge in [-0.2, -0.15) is 0 Å². The molecule has 1 heterocycles. The van der Waals surface area contributed by atoms with Crippen molar-refractivity contribution in [3.05, 3.63) is 35.9 Å². The largest absolute Gasteiger partial charge is 0.353 e. The molecule has 0 bridgehead atoms. The Morgan fingerprint density at radius 2 is 1.80 bits per heavy atom. The van der Waals surface area contributed by atoms with Gasteiger partial charge in [0.15, 0.2) is 6.29 Å². The summed E-state index contributed by atoms with van der Waals surface area (Å²) in [6.45, 7) is 1.71. The molecule has 0 aromatic heterocycles. The SMILES string of the molecule is c1ccc(CCCC2OCCCO2)cc1. The summed E-state index contributed by atoms with van der Waals surface area (Å²) in [6.07, 6.45) is 4.34. The second kappa shape index (κ2) is 5.89. The summed E-state index contributed by atoms with van der Waals surface area (Å²) in [6, 6.07) is 10.6. The van der Waals surface area contributed by atoms with Crippen LogP contribution in [0.15, 0.2) is 30.3 Å². The van der Waals surface area contributed by atoms with Gasteiger partial charge in [-0.1, -0.05) is 30.3 Å². The van der Waals surface area contributed by atoms with Crippen molar-refractivity contribution in [1.29, 1.82) is 0 Å². The van der Waals surface area contributed by atoms with Crippen LogP contribution in [0.3, 0.4) is 0 Å². The van der Waals surface area contributed by atoms with Crippen LogP contribution in [0.25, 0.3) is 0 Å². The van der Waals surface area contributed by atoms with E-state index in [1.54, 1.807) is 0 Å². The lowest BCUT2D eigenvalue weighted by molar-refractivity contribution is -0.181. The molecule has 0 unspecified atom stereocenters. The van der Waals surface area contributed by atoms with Crippen molar-refractivity contribution >= 4 is 0 Å². The molecular formula is C13H18O2. The van der Waals surface area contributed by atoms with Crippen molar-refractivity contribution in [2.24, 2.45) is 0 Å². The Kier molecular flexibility index (Phi) is 4.18. The average molecular weight is 206 g/mol. The minimum absolute atomic E-state index is 0.0439. The monoisotopic (exact) mass is 206 g/mol. The lowest BCUT2D eigenvalue weighted by Gasteiger charge is -2.22. The molecule has 0 spiro atoms. The predicted octanol–water partition coefficient (Wildman–Crippen LogP) is 2.77. The molecule has 0 radical (unpaired) electrons. The number of hydrogen-bond donors (Lipinski definition) is 0. The molecule has 1 aliphatic rings. The van der Waals surface area contributed by atoms with E-state index in [4.69, 9.17) is 9.47 Å². The molecule has 2 rings (SSSR count). The van der Waals surface area contributed by atoms with Gasteiger partial charge in [0.25, 0.3) is 0 Å². The number of hydrogen-bond acceptors (Lipinski definition) is 2. The van der Waals surface area contributed by atoms with Gasteiger partial charge in [-0.15, -0.1) is 0 Å². The fourth-order valence-corrected chi connectivity index (χ4v) is 1.82. The van der Waals surface area contributed by atoms with Crippen molar-refractivity contribution in [2.75, 3.05) is 13.2 Å². The fraction of sp³-hybridized carbons (Fsp3) is 0.538. The first kappa shape index (κ1) is 10.7. The minimum Gasteiger partial charge on any atom is -0.353 e. The molecular weight excluding hydrogens is 188 g/mol. The van der Waals surface area contributed by atoms with Crippen LogP contribution in [-0.2, 0) is 15.9 Å². The summed E-state index contributed by atoms with van der Waals surface area (Å²) in [5, 5.41) is 0. The minimum atomic E-state index is 0.0439. The van der Waals surface area contributed by atoms with Gasteiger partial charge in [-0.05, 0) is 31.2 Å². The Bertz CT molecular complexity index is 265. The second-order valence-corrected chi connectivity index (χ2v) is 3.90. The van der Waals surface area contributed by atoms with E-state index in [1.807, 2.05) is 0 Å². The molecule has 0 aliphatic carbocycles. The smallest absolute Gasteiger partial charge is 0.157 e. The molecule has 2 nitrogen and oxygen atoms in total. The van der Waals surface area contributed by atoms with Gasteiger partial charge in [-0.3, -0.25) is 0 Å². The van der Waals surface area contributed by atoms with Gasteiger partial charge in [0, 0.05) is 0 Å². The Morgan fingerprint density at radius 3 is 2.53 bits per heavy atom. The normalized spacial score (nSPS) is 17.9. The maximum absolute atomic E-state index is 5.49. The Hall–Kier alpha value is -0.860. The predicted molar refractivity (Wildman–Crippen MR) is 59.7 cm³/mol. The number of rotatable bonds is 4. The van der Waals surface area contributed by atoms with Gasteiger partial charge < -0.3 is 9.47 Å². The van der Waals surface area contributed by atoms with Crippen molar-refractivity contribution in [2.45, 2.75) is 32.0 Å². The summed E-state index contributed by atoms with van der Waals surface area (Å²) >= 11 is 0. The first-order valence-electron chi connectivity index (χ1n) is 5.72. The first-order valence-corrected chi connectivity index (χ1v) is 5.72. The maximum Gasteiger partial charge on any atom is 0.157 e. The number of ether oxygens (including phenoxy) is 2. The molecule has 0 atom stereocenters. The van der Waals surface area contributed by atoms with E-state index in [0.717, 1.165) is 38.9 Å². The van der Waals surface area contributed by atoms with Crippen LogP contribution in [0, 0.1) is 0 Å². The highest BCUT2D eigenvalue weighted by Gasteiger charge is 2.13. The van der Waals surface area contributed by atoms with E-state index in [1.165, 1.54) is 5.56 Å². The molecule has 82 valence electrons. The van der Waals surface area contributed by atoms with Crippen LogP contribution >= 0.6 is 0 Å². The van der Waals surface area contributed by atoms with E-state index in [0.29, 0.717) is 0 Å². The number of benzene rings is 1. The van der Waals surface area contributed by atoms with E-state index >= 15 is 0 Å². The molecule has 1 aromatic rings. The summed E-state index contributed by atoms with van der Waals surface area (Å²) in [5.41, 5.74) is 1.40. The molecule has 1 fully saturated rings. The molecule has 0 saturated carbocycles. The van der Waals surface area contributed by atoms with E-state index < -0.39 is 0 Å². The number of aryl methyl sites for hydroxylation is 1. The molecule has 2 heteroatoms. The van der Waals surface area contributed by atoms with Crippen LogP contribution < -0.4 is 0 Å². The summed E-state index contributed by atoms with van der Waals surface area (Å²) in [7, 11) is 0. The third-order valence-electron chi connectivity index (χ3n) is 2.64. The van der Waals surface area contributed by atoms with Crippen molar-refractivity contribution in [3.8, 4) is 0 Å². The highest BCUT2D eigenvalue weighted by atomic mass is 16.7. The van der Waals surface area contributed by atoms with Gasteiger partial charge >= 0.3 is 0 Å². The average Bonchev–Trinajstić information content (AvgIpc) is 2.32. The van der Waals surface area contributed by atoms with E-state index in [9.17, 15) is 0 Å². The Labute approximate surface area is 91.2 Å². The summed E-state index contributed by atoms with van der Waals surface area (Å²) in [4.78, 5) is 0. The quantitative estimate of drug-likeness (QED) is 0.754. The van der Waals surface area contributed by atoms with E-state index in [2.05, 4.69) is 30.3 Å². The third kappa shape index (κ3) is 3.65.